The van der Waals surface area contributed by atoms with Crippen LogP contribution >= 0.6 is 0 Å². The summed E-state index contributed by atoms with van der Waals surface area (Å²) in [6, 6.07) is 17.5. The first-order valence-corrected chi connectivity index (χ1v) is 13.0. The number of carbonyl (C=O) groups excluding carboxylic acids is 1. The number of benzene rings is 2. The number of aromatic nitrogens is 1. The highest BCUT2D eigenvalue weighted by atomic mass is 19.1. The van der Waals surface area contributed by atoms with Crippen LogP contribution in [0.25, 0.3) is 0 Å². The van der Waals surface area contributed by atoms with Gasteiger partial charge in [-0.15, -0.1) is 0 Å². The molecule has 37 heavy (non-hydrogen) atoms. The molecule has 1 saturated heterocycles. The van der Waals surface area contributed by atoms with E-state index in [1.165, 1.54) is 23.4 Å². The molecule has 194 valence electrons. The Hall–Kier alpha value is -3.61. The highest BCUT2D eigenvalue weighted by molar-refractivity contribution is 5.92. The lowest BCUT2D eigenvalue weighted by Crippen LogP contribution is -2.49. The van der Waals surface area contributed by atoms with Gasteiger partial charge in [0.1, 0.15) is 11.4 Å². The van der Waals surface area contributed by atoms with Gasteiger partial charge in [-0.05, 0) is 40.8 Å². The molecule has 0 saturated carbocycles. The van der Waals surface area contributed by atoms with Crippen molar-refractivity contribution in [2.75, 3.05) is 29.4 Å². The van der Waals surface area contributed by atoms with Gasteiger partial charge in [0.2, 0.25) is 5.91 Å². The number of anilines is 2. The van der Waals surface area contributed by atoms with Crippen molar-refractivity contribution in [3.05, 3.63) is 83.3 Å². The van der Waals surface area contributed by atoms with Gasteiger partial charge < -0.3 is 20.3 Å². The number of ether oxygens (including phenoxy) is 1. The maximum Gasteiger partial charge on any atom is 0.250 e. The van der Waals surface area contributed by atoms with Crippen molar-refractivity contribution >= 4 is 17.4 Å². The number of nitrogens with two attached hydrogens (primary N) is 1. The van der Waals surface area contributed by atoms with Crippen molar-refractivity contribution < 1.29 is 13.9 Å². The molecule has 0 aliphatic carbocycles. The van der Waals surface area contributed by atoms with E-state index in [0.29, 0.717) is 17.9 Å². The largest absolute Gasteiger partial charge is 0.482 e. The molecule has 2 N–H and O–H groups in total. The van der Waals surface area contributed by atoms with Crippen LogP contribution in [-0.2, 0) is 12.0 Å². The molecule has 1 fully saturated rings. The summed E-state index contributed by atoms with van der Waals surface area (Å²) in [7, 11) is 0. The number of hydrogen-bond donors (Lipinski definition) is 1. The first-order valence-electron chi connectivity index (χ1n) is 13.0. The molecule has 3 heterocycles. The molecule has 1 spiro atoms. The Bertz CT molecular complexity index is 1260. The van der Waals surface area contributed by atoms with Crippen LogP contribution in [0.15, 0.2) is 60.8 Å². The van der Waals surface area contributed by atoms with Crippen molar-refractivity contribution in [3.63, 3.8) is 0 Å². The van der Waals surface area contributed by atoms with Gasteiger partial charge in [-0.1, -0.05) is 51.1 Å². The summed E-state index contributed by atoms with van der Waals surface area (Å²) in [5, 5.41) is 0. The van der Waals surface area contributed by atoms with E-state index in [9.17, 15) is 4.79 Å². The summed E-state index contributed by atoms with van der Waals surface area (Å²) in [5.41, 5.74) is 8.70. The molecule has 0 atom stereocenters. The SMILES string of the molecule is CC(C)(C)c1ccc(CN2CCC3(CCN(c4ccc(C(N)=O)cn4)CC3)Oc3c(F)cccc32)cc1. The monoisotopic (exact) mass is 502 g/mol. The van der Waals surface area contributed by atoms with Crippen LogP contribution in [0.1, 0.15) is 61.5 Å². The maximum atomic E-state index is 15.1. The topological polar surface area (TPSA) is 71.7 Å². The van der Waals surface area contributed by atoms with Crippen molar-refractivity contribution in [2.24, 2.45) is 5.73 Å². The van der Waals surface area contributed by atoms with E-state index >= 15 is 4.39 Å². The average molecular weight is 503 g/mol. The van der Waals surface area contributed by atoms with Gasteiger partial charge in [-0.25, -0.2) is 9.37 Å². The van der Waals surface area contributed by atoms with E-state index in [-0.39, 0.29) is 11.2 Å². The van der Waals surface area contributed by atoms with Crippen LogP contribution in [0.4, 0.5) is 15.9 Å². The van der Waals surface area contributed by atoms with E-state index in [0.717, 1.165) is 50.4 Å². The summed E-state index contributed by atoms with van der Waals surface area (Å²) < 4.78 is 21.7. The number of pyridine rings is 1. The summed E-state index contributed by atoms with van der Waals surface area (Å²) in [6.45, 7) is 9.59. The van der Waals surface area contributed by atoms with Gasteiger partial charge in [-0.2, -0.15) is 0 Å². The average Bonchev–Trinajstić information content (AvgIpc) is 3.02. The summed E-state index contributed by atoms with van der Waals surface area (Å²) >= 11 is 0. The molecule has 2 aromatic carbocycles. The molecule has 3 aromatic rings. The molecular weight excluding hydrogens is 467 g/mol. The molecular formula is C30H35FN4O2. The minimum Gasteiger partial charge on any atom is -0.482 e. The lowest BCUT2D eigenvalue weighted by Gasteiger charge is -2.41. The molecule has 0 radical (unpaired) electrons. The number of carbonyl (C=O) groups is 1. The van der Waals surface area contributed by atoms with E-state index in [1.807, 2.05) is 12.1 Å². The molecule has 0 bridgehead atoms. The molecule has 5 rings (SSSR count). The van der Waals surface area contributed by atoms with Crippen LogP contribution in [0.5, 0.6) is 5.75 Å². The normalized spacial score (nSPS) is 17.2. The first kappa shape index (κ1) is 25.1. The van der Waals surface area contributed by atoms with Gasteiger partial charge in [-0.3, -0.25) is 4.79 Å². The smallest absolute Gasteiger partial charge is 0.250 e. The maximum absolute atomic E-state index is 15.1. The molecule has 2 aliphatic rings. The summed E-state index contributed by atoms with van der Waals surface area (Å²) in [5.74, 6) is 0.348. The van der Waals surface area contributed by atoms with Gasteiger partial charge >= 0.3 is 0 Å². The number of hydrogen-bond acceptors (Lipinski definition) is 5. The third-order valence-corrected chi connectivity index (χ3v) is 7.67. The van der Waals surface area contributed by atoms with Gasteiger partial charge in [0, 0.05) is 51.6 Å². The lowest BCUT2D eigenvalue weighted by molar-refractivity contribution is 0.0374. The molecule has 7 heteroatoms. The van der Waals surface area contributed by atoms with E-state index in [4.69, 9.17) is 10.5 Å². The Kier molecular flexibility index (Phi) is 6.56. The number of nitrogens with zero attached hydrogens (tertiary/aromatic N) is 3. The first-order chi connectivity index (χ1) is 17.6. The zero-order chi connectivity index (χ0) is 26.2. The second kappa shape index (κ2) is 9.69. The van der Waals surface area contributed by atoms with Gasteiger partial charge in [0.15, 0.2) is 11.6 Å². The van der Waals surface area contributed by atoms with Crippen LogP contribution in [-0.4, -0.2) is 36.1 Å². The van der Waals surface area contributed by atoms with Crippen LogP contribution in [0.2, 0.25) is 0 Å². The fourth-order valence-electron chi connectivity index (χ4n) is 5.28. The van der Waals surface area contributed by atoms with Crippen LogP contribution in [0.3, 0.4) is 0 Å². The number of primary amides is 1. The number of rotatable bonds is 4. The quantitative estimate of drug-likeness (QED) is 0.514. The number of fused-ring (bicyclic) bond motifs is 1. The molecule has 1 amide bonds. The molecule has 6 nitrogen and oxygen atoms in total. The fourth-order valence-corrected chi connectivity index (χ4v) is 5.28. The molecule has 2 aliphatic heterocycles. The van der Waals surface area contributed by atoms with Gasteiger partial charge in [0.25, 0.3) is 0 Å². The number of halogens is 1. The van der Waals surface area contributed by atoms with Crippen molar-refractivity contribution in [3.8, 4) is 5.75 Å². The Labute approximate surface area is 218 Å². The van der Waals surface area contributed by atoms with Crippen LogP contribution < -0.4 is 20.3 Å². The van der Waals surface area contributed by atoms with Crippen molar-refractivity contribution in [2.45, 2.75) is 57.6 Å². The Morgan fingerprint density at radius 1 is 1.03 bits per heavy atom. The number of amides is 1. The van der Waals surface area contributed by atoms with Crippen molar-refractivity contribution in [1.29, 1.82) is 0 Å². The Morgan fingerprint density at radius 2 is 1.73 bits per heavy atom. The number of para-hydroxylation sites is 1. The fraction of sp³-hybridized carbons (Fsp3) is 0.400. The van der Waals surface area contributed by atoms with E-state index < -0.39 is 11.5 Å². The predicted molar refractivity (Wildman–Crippen MR) is 145 cm³/mol. The molecule has 0 unspecified atom stereocenters. The second-order valence-corrected chi connectivity index (χ2v) is 11.2. The Morgan fingerprint density at radius 3 is 2.35 bits per heavy atom. The third kappa shape index (κ3) is 5.26. The van der Waals surface area contributed by atoms with Gasteiger partial charge in [0.05, 0.1) is 11.3 Å². The van der Waals surface area contributed by atoms with E-state index in [1.54, 1.807) is 12.1 Å². The summed E-state index contributed by atoms with van der Waals surface area (Å²) in [4.78, 5) is 20.2. The second-order valence-electron chi connectivity index (χ2n) is 11.2. The summed E-state index contributed by atoms with van der Waals surface area (Å²) in [6.07, 6.45) is 3.84. The van der Waals surface area contributed by atoms with Crippen LogP contribution in [0, 0.1) is 5.82 Å². The minimum absolute atomic E-state index is 0.103. The lowest BCUT2D eigenvalue weighted by atomic mass is 9.86. The third-order valence-electron chi connectivity index (χ3n) is 7.67. The Balaban J connectivity index is 1.33. The highest BCUT2D eigenvalue weighted by Crippen LogP contribution is 2.42. The minimum atomic E-state index is -0.487. The standard InChI is InChI=1S/C30H35FN4O2/c1-29(2,3)23-10-7-21(8-11-23)20-35-18-15-30(37-27-24(31)5-4-6-25(27)35)13-16-34(17-14-30)26-12-9-22(19-33-26)28(32)36/h4-12,19H,13-18,20H2,1-3H3,(H2,32,36). The van der Waals surface area contributed by atoms with Crippen molar-refractivity contribution in [1.82, 2.24) is 4.98 Å². The zero-order valence-electron chi connectivity index (χ0n) is 21.8. The number of piperidine rings is 1. The zero-order valence-corrected chi connectivity index (χ0v) is 21.8. The highest BCUT2D eigenvalue weighted by Gasteiger charge is 2.41. The molecule has 1 aromatic heterocycles. The van der Waals surface area contributed by atoms with E-state index in [2.05, 4.69) is 59.8 Å². The predicted octanol–water partition coefficient (Wildman–Crippen LogP) is 5.45.